The maximum Gasteiger partial charge on any atom is 0.254 e. The highest BCUT2D eigenvalue weighted by Crippen LogP contribution is 2.36. The summed E-state index contributed by atoms with van der Waals surface area (Å²) in [5.41, 5.74) is 7.17. The van der Waals surface area contributed by atoms with Gasteiger partial charge in [0.15, 0.2) is 0 Å². The van der Waals surface area contributed by atoms with Crippen molar-refractivity contribution in [1.82, 2.24) is 4.90 Å². The fourth-order valence-corrected chi connectivity index (χ4v) is 3.42. The zero-order valence-electron chi connectivity index (χ0n) is 10.7. The molecule has 2 heterocycles. The zero-order valence-corrected chi connectivity index (χ0v) is 10.7. The number of benzene rings is 1. The maximum absolute atomic E-state index is 12.6. The molecule has 1 aromatic carbocycles. The van der Waals surface area contributed by atoms with Crippen molar-refractivity contribution in [3.8, 4) is 6.07 Å². The Bertz CT molecular complexity index is 535. The Labute approximate surface area is 112 Å². The molecule has 98 valence electrons. The van der Waals surface area contributed by atoms with Gasteiger partial charge in [-0.05, 0) is 43.9 Å². The van der Waals surface area contributed by atoms with E-state index < -0.39 is 0 Å². The fraction of sp³-hybridized carbons (Fsp3) is 0.467. The molecule has 3 atom stereocenters. The molecule has 19 heavy (non-hydrogen) atoms. The number of hydrogen-bond donors (Lipinski definition) is 1. The summed E-state index contributed by atoms with van der Waals surface area (Å²) in [5, 5.41) is 8.91. The standard InChI is InChI=1S/C15H17N3O/c16-9-10-2-1-3-11(6-10)15(19)18-13-4-5-14(18)8-12(17)7-13/h1-3,6,12-14H,4-5,7-8,17H2/t12?,13-,14+. The van der Waals surface area contributed by atoms with Crippen LogP contribution in [0.4, 0.5) is 0 Å². The van der Waals surface area contributed by atoms with Crippen LogP contribution in [0, 0.1) is 11.3 Å². The number of nitriles is 1. The van der Waals surface area contributed by atoms with Crippen molar-refractivity contribution < 1.29 is 4.79 Å². The van der Waals surface area contributed by atoms with Crippen LogP contribution in [0.5, 0.6) is 0 Å². The van der Waals surface area contributed by atoms with Crippen molar-refractivity contribution in [3.05, 3.63) is 35.4 Å². The molecule has 4 nitrogen and oxygen atoms in total. The van der Waals surface area contributed by atoms with E-state index in [9.17, 15) is 4.79 Å². The van der Waals surface area contributed by atoms with Gasteiger partial charge in [0, 0.05) is 23.7 Å². The van der Waals surface area contributed by atoms with E-state index >= 15 is 0 Å². The van der Waals surface area contributed by atoms with E-state index in [1.165, 1.54) is 0 Å². The van der Waals surface area contributed by atoms with Crippen LogP contribution in [-0.4, -0.2) is 28.9 Å². The molecule has 3 rings (SSSR count). The molecular weight excluding hydrogens is 238 g/mol. The highest BCUT2D eigenvalue weighted by atomic mass is 16.2. The molecule has 2 N–H and O–H groups in total. The zero-order chi connectivity index (χ0) is 13.4. The number of piperidine rings is 1. The Hall–Kier alpha value is -1.86. The predicted octanol–water partition coefficient (Wildman–Crippen LogP) is 1.65. The Kier molecular flexibility index (Phi) is 3.00. The second kappa shape index (κ2) is 4.67. The second-order valence-electron chi connectivity index (χ2n) is 5.52. The van der Waals surface area contributed by atoms with Gasteiger partial charge in [0.05, 0.1) is 11.6 Å². The van der Waals surface area contributed by atoms with Gasteiger partial charge in [0.25, 0.3) is 5.91 Å². The van der Waals surface area contributed by atoms with Crippen molar-refractivity contribution in [2.75, 3.05) is 0 Å². The van der Waals surface area contributed by atoms with Gasteiger partial charge < -0.3 is 10.6 Å². The van der Waals surface area contributed by atoms with Gasteiger partial charge in [-0.2, -0.15) is 5.26 Å². The lowest BCUT2D eigenvalue weighted by Gasteiger charge is -2.37. The highest BCUT2D eigenvalue weighted by Gasteiger charge is 2.42. The molecule has 2 fully saturated rings. The SMILES string of the molecule is N#Cc1cccc(C(=O)N2[C@@H]3CC[C@H]2CC(N)C3)c1. The first-order chi connectivity index (χ1) is 9.19. The molecule has 2 aliphatic rings. The molecule has 2 bridgehead atoms. The average Bonchev–Trinajstić information content (AvgIpc) is 2.70. The molecule has 2 aliphatic heterocycles. The maximum atomic E-state index is 12.6. The van der Waals surface area contributed by atoms with Crippen molar-refractivity contribution in [2.24, 2.45) is 5.73 Å². The van der Waals surface area contributed by atoms with Gasteiger partial charge in [-0.15, -0.1) is 0 Å². The van der Waals surface area contributed by atoms with Gasteiger partial charge in [-0.25, -0.2) is 0 Å². The summed E-state index contributed by atoms with van der Waals surface area (Å²) in [7, 11) is 0. The minimum absolute atomic E-state index is 0.0523. The lowest BCUT2D eigenvalue weighted by Crippen LogP contribution is -2.50. The normalized spacial score (nSPS) is 29.1. The number of carbonyl (C=O) groups excluding carboxylic acids is 1. The van der Waals surface area contributed by atoms with Crippen LogP contribution in [0.25, 0.3) is 0 Å². The number of fused-ring (bicyclic) bond motifs is 2. The van der Waals surface area contributed by atoms with Crippen LogP contribution in [0.2, 0.25) is 0 Å². The van der Waals surface area contributed by atoms with Crippen LogP contribution in [0.15, 0.2) is 24.3 Å². The second-order valence-corrected chi connectivity index (χ2v) is 5.52. The molecule has 1 amide bonds. The van der Waals surface area contributed by atoms with Crippen molar-refractivity contribution in [2.45, 2.75) is 43.8 Å². The number of rotatable bonds is 1. The lowest BCUT2D eigenvalue weighted by molar-refractivity contribution is 0.0575. The Balaban J connectivity index is 1.87. The molecule has 0 aliphatic carbocycles. The van der Waals surface area contributed by atoms with Gasteiger partial charge in [0.2, 0.25) is 0 Å². The lowest BCUT2D eigenvalue weighted by atomic mass is 9.97. The monoisotopic (exact) mass is 255 g/mol. The van der Waals surface area contributed by atoms with Crippen molar-refractivity contribution in [1.29, 1.82) is 5.26 Å². The average molecular weight is 255 g/mol. The van der Waals surface area contributed by atoms with Crippen LogP contribution in [0.3, 0.4) is 0 Å². The summed E-state index contributed by atoms with van der Waals surface area (Å²) < 4.78 is 0. The van der Waals surface area contributed by atoms with Crippen LogP contribution >= 0.6 is 0 Å². The van der Waals surface area contributed by atoms with Crippen LogP contribution in [-0.2, 0) is 0 Å². The van der Waals surface area contributed by atoms with Gasteiger partial charge in [-0.3, -0.25) is 4.79 Å². The molecule has 1 unspecified atom stereocenters. The third-order valence-electron chi connectivity index (χ3n) is 4.24. The van der Waals surface area contributed by atoms with E-state index in [0.717, 1.165) is 25.7 Å². The summed E-state index contributed by atoms with van der Waals surface area (Å²) >= 11 is 0. The predicted molar refractivity (Wildman–Crippen MR) is 71.3 cm³/mol. The summed E-state index contributed by atoms with van der Waals surface area (Å²) in [6.45, 7) is 0. The number of hydrogen-bond acceptors (Lipinski definition) is 3. The summed E-state index contributed by atoms with van der Waals surface area (Å²) in [4.78, 5) is 14.6. The fourth-order valence-electron chi connectivity index (χ4n) is 3.42. The Morgan fingerprint density at radius 2 is 2.00 bits per heavy atom. The van der Waals surface area contributed by atoms with E-state index in [4.69, 9.17) is 11.0 Å². The summed E-state index contributed by atoms with van der Waals surface area (Å²) in [5.74, 6) is 0.0523. The third-order valence-corrected chi connectivity index (χ3v) is 4.24. The molecule has 0 aromatic heterocycles. The minimum Gasteiger partial charge on any atom is -0.333 e. The topological polar surface area (TPSA) is 70.1 Å². The number of carbonyl (C=O) groups is 1. The number of amides is 1. The Morgan fingerprint density at radius 1 is 1.32 bits per heavy atom. The van der Waals surface area contributed by atoms with Crippen molar-refractivity contribution >= 4 is 5.91 Å². The smallest absolute Gasteiger partial charge is 0.254 e. The quantitative estimate of drug-likeness (QED) is 0.829. The molecule has 2 saturated heterocycles. The largest absolute Gasteiger partial charge is 0.333 e. The molecular formula is C15H17N3O. The summed E-state index contributed by atoms with van der Waals surface area (Å²) in [6.07, 6.45) is 3.92. The first kappa shape index (κ1) is 12.2. The van der Waals surface area contributed by atoms with Crippen LogP contribution in [0.1, 0.15) is 41.6 Å². The summed E-state index contributed by atoms with van der Waals surface area (Å²) in [6, 6.07) is 9.83. The van der Waals surface area contributed by atoms with Gasteiger partial charge >= 0.3 is 0 Å². The van der Waals surface area contributed by atoms with E-state index in [2.05, 4.69) is 6.07 Å². The molecule has 4 heteroatoms. The van der Waals surface area contributed by atoms with E-state index in [1.807, 2.05) is 4.90 Å². The number of nitrogens with two attached hydrogens (primary N) is 1. The van der Waals surface area contributed by atoms with Crippen LogP contribution < -0.4 is 5.73 Å². The Morgan fingerprint density at radius 3 is 2.63 bits per heavy atom. The molecule has 0 saturated carbocycles. The van der Waals surface area contributed by atoms with E-state index in [0.29, 0.717) is 11.1 Å². The number of nitrogens with zero attached hydrogens (tertiary/aromatic N) is 2. The molecule has 0 radical (unpaired) electrons. The first-order valence-corrected chi connectivity index (χ1v) is 6.77. The molecule has 1 aromatic rings. The van der Waals surface area contributed by atoms with Gasteiger partial charge in [-0.1, -0.05) is 6.07 Å². The highest BCUT2D eigenvalue weighted by molar-refractivity contribution is 5.95. The first-order valence-electron chi connectivity index (χ1n) is 6.77. The van der Waals surface area contributed by atoms with E-state index in [-0.39, 0.29) is 24.0 Å². The third kappa shape index (κ3) is 2.11. The van der Waals surface area contributed by atoms with Gasteiger partial charge in [0.1, 0.15) is 0 Å². The van der Waals surface area contributed by atoms with Crippen molar-refractivity contribution in [3.63, 3.8) is 0 Å². The molecule has 0 spiro atoms. The minimum atomic E-state index is 0.0523. The van der Waals surface area contributed by atoms with E-state index in [1.54, 1.807) is 24.3 Å².